The minimum Gasteiger partial charge on any atom is -0.508 e. The van der Waals surface area contributed by atoms with Gasteiger partial charge < -0.3 is 20.8 Å². The van der Waals surface area contributed by atoms with Gasteiger partial charge in [-0.15, -0.1) is 0 Å². The number of carbonyl (C=O) groups is 2. The van der Waals surface area contributed by atoms with Crippen molar-refractivity contribution in [2.24, 2.45) is 5.41 Å². The van der Waals surface area contributed by atoms with E-state index in [1.165, 1.54) is 12.1 Å². The second-order valence-corrected chi connectivity index (χ2v) is 5.50. The van der Waals surface area contributed by atoms with Crippen molar-refractivity contribution in [3.63, 3.8) is 0 Å². The molecule has 0 aliphatic rings. The van der Waals surface area contributed by atoms with Crippen molar-refractivity contribution in [2.75, 3.05) is 13.1 Å². The topological polar surface area (TPSA) is 98.7 Å². The molecule has 1 aromatic carbocycles. The Kier molecular flexibility index (Phi) is 4.96. The molecule has 0 saturated heterocycles. The predicted octanol–water partition coefficient (Wildman–Crippen LogP) is 0.990. The minimum atomic E-state index is -0.471. The Bertz CT molecular complexity index is 486. The number of rotatable bonds is 4. The highest BCUT2D eigenvalue weighted by Crippen LogP contribution is 2.20. The fraction of sp³-hybridized carbons (Fsp3) is 0.429. The van der Waals surface area contributed by atoms with E-state index in [4.69, 9.17) is 0 Å². The number of phenolic OH excluding ortho intramolecular Hbond substituents is 2. The Morgan fingerprint density at radius 1 is 1.00 bits per heavy atom. The van der Waals surface area contributed by atoms with Gasteiger partial charge in [0.2, 0.25) is 5.91 Å². The van der Waals surface area contributed by atoms with E-state index in [1.807, 2.05) is 0 Å². The van der Waals surface area contributed by atoms with Gasteiger partial charge in [-0.05, 0) is 12.1 Å². The molecule has 0 bridgehead atoms. The molecule has 4 N–H and O–H groups in total. The zero-order valence-electron chi connectivity index (χ0n) is 11.9. The fourth-order valence-electron chi connectivity index (χ4n) is 1.45. The van der Waals surface area contributed by atoms with E-state index in [0.29, 0.717) is 6.54 Å². The van der Waals surface area contributed by atoms with E-state index in [9.17, 15) is 19.8 Å². The van der Waals surface area contributed by atoms with Crippen molar-refractivity contribution >= 4 is 11.8 Å². The van der Waals surface area contributed by atoms with Gasteiger partial charge in [0.05, 0.1) is 0 Å². The summed E-state index contributed by atoms with van der Waals surface area (Å²) in [4.78, 5) is 23.3. The third-order valence-electron chi connectivity index (χ3n) is 2.54. The lowest BCUT2D eigenvalue weighted by Gasteiger charge is -2.17. The summed E-state index contributed by atoms with van der Waals surface area (Å²) in [5, 5.41) is 23.8. The highest BCUT2D eigenvalue weighted by molar-refractivity contribution is 5.95. The molecule has 0 aliphatic heterocycles. The first-order chi connectivity index (χ1) is 9.20. The Morgan fingerprint density at radius 2 is 1.50 bits per heavy atom. The Labute approximate surface area is 117 Å². The number of nitrogens with one attached hydrogen (secondary N) is 2. The molecule has 0 heterocycles. The number of hydrogen-bond donors (Lipinski definition) is 4. The third kappa shape index (κ3) is 4.79. The van der Waals surface area contributed by atoms with Gasteiger partial charge in [0, 0.05) is 30.1 Å². The van der Waals surface area contributed by atoms with E-state index in [1.54, 1.807) is 20.8 Å². The maximum Gasteiger partial charge on any atom is 0.251 e. The van der Waals surface area contributed by atoms with Crippen LogP contribution in [-0.4, -0.2) is 35.1 Å². The van der Waals surface area contributed by atoms with E-state index < -0.39 is 11.3 Å². The van der Waals surface area contributed by atoms with Gasteiger partial charge in [0.15, 0.2) is 0 Å². The molecule has 20 heavy (non-hydrogen) atoms. The summed E-state index contributed by atoms with van der Waals surface area (Å²) in [5.41, 5.74) is -0.314. The van der Waals surface area contributed by atoms with Crippen LogP contribution >= 0.6 is 0 Å². The zero-order valence-corrected chi connectivity index (χ0v) is 11.9. The van der Waals surface area contributed by atoms with Crippen LogP contribution in [0.1, 0.15) is 31.1 Å². The highest BCUT2D eigenvalue weighted by atomic mass is 16.3. The fourth-order valence-corrected chi connectivity index (χ4v) is 1.45. The van der Waals surface area contributed by atoms with Gasteiger partial charge in [-0.2, -0.15) is 0 Å². The van der Waals surface area contributed by atoms with Crippen LogP contribution in [0.4, 0.5) is 0 Å². The average molecular weight is 280 g/mol. The summed E-state index contributed by atoms with van der Waals surface area (Å²) in [6.07, 6.45) is 0. The lowest BCUT2D eigenvalue weighted by atomic mass is 9.96. The molecule has 0 unspecified atom stereocenters. The van der Waals surface area contributed by atoms with Crippen molar-refractivity contribution in [3.8, 4) is 11.5 Å². The van der Waals surface area contributed by atoms with Crippen molar-refractivity contribution in [3.05, 3.63) is 23.8 Å². The quantitative estimate of drug-likeness (QED) is 0.618. The van der Waals surface area contributed by atoms with E-state index in [0.717, 1.165) is 6.07 Å². The monoisotopic (exact) mass is 280 g/mol. The van der Waals surface area contributed by atoms with Crippen LogP contribution in [0.3, 0.4) is 0 Å². The molecule has 0 atom stereocenters. The van der Waals surface area contributed by atoms with Crippen LogP contribution in [0.5, 0.6) is 11.5 Å². The van der Waals surface area contributed by atoms with Crippen LogP contribution in [0.15, 0.2) is 18.2 Å². The van der Waals surface area contributed by atoms with Gasteiger partial charge in [0.1, 0.15) is 11.5 Å². The van der Waals surface area contributed by atoms with Gasteiger partial charge in [-0.1, -0.05) is 20.8 Å². The largest absolute Gasteiger partial charge is 0.508 e. The standard InChI is InChI=1S/C14H20N2O4/c1-14(2,3)13(20)16-5-4-15-12(19)9-6-10(17)8-11(18)7-9/h6-8,17-18H,4-5H2,1-3H3,(H,15,19)(H,16,20). The number of amides is 2. The van der Waals surface area contributed by atoms with Crippen molar-refractivity contribution in [1.29, 1.82) is 0 Å². The number of aromatic hydroxyl groups is 2. The summed E-state index contributed by atoms with van der Waals surface area (Å²) < 4.78 is 0. The van der Waals surface area contributed by atoms with Crippen molar-refractivity contribution < 1.29 is 19.8 Å². The maximum absolute atomic E-state index is 11.7. The number of hydrogen-bond acceptors (Lipinski definition) is 4. The molecular weight excluding hydrogens is 260 g/mol. The molecule has 6 nitrogen and oxygen atoms in total. The van der Waals surface area contributed by atoms with Gasteiger partial charge in [-0.25, -0.2) is 0 Å². The normalized spacial score (nSPS) is 10.9. The second kappa shape index (κ2) is 6.27. The summed E-state index contributed by atoms with van der Waals surface area (Å²) in [7, 11) is 0. The van der Waals surface area contributed by atoms with Gasteiger partial charge in [0.25, 0.3) is 5.91 Å². The second-order valence-electron chi connectivity index (χ2n) is 5.50. The van der Waals surface area contributed by atoms with Crippen LogP contribution < -0.4 is 10.6 Å². The molecule has 0 radical (unpaired) electrons. The number of phenols is 2. The molecule has 0 aromatic heterocycles. The molecule has 0 fully saturated rings. The molecule has 0 saturated carbocycles. The Hall–Kier alpha value is -2.24. The first-order valence-corrected chi connectivity index (χ1v) is 6.29. The zero-order chi connectivity index (χ0) is 15.3. The summed E-state index contributed by atoms with van der Waals surface area (Å²) in [6.45, 7) is 5.98. The van der Waals surface area contributed by atoms with Crippen molar-refractivity contribution in [2.45, 2.75) is 20.8 Å². The van der Waals surface area contributed by atoms with Crippen LogP contribution in [0.2, 0.25) is 0 Å². The Morgan fingerprint density at radius 3 is 2.00 bits per heavy atom. The summed E-state index contributed by atoms with van der Waals surface area (Å²) in [6, 6.07) is 3.64. The molecule has 6 heteroatoms. The highest BCUT2D eigenvalue weighted by Gasteiger charge is 2.20. The average Bonchev–Trinajstić information content (AvgIpc) is 2.31. The van der Waals surface area contributed by atoms with Crippen molar-refractivity contribution in [1.82, 2.24) is 10.6 Å². The number of benzene rings is 1. The predicted molar refractivity (Wildman–Crippen MR) is 74.6 cm³/mol. The molecule has 0 aliphatic carbocycles. The minimum absolute atomic E-state index is 0.0956. The summed E-state index contributed by atoms with van der Waals surface area (Å²) in [5.74, 6) is -0.893. The summed E-state index contributed by atoms with van der Waals surface area (Å²) >= 11 is 0. The SMILES string of the molecule is CC(C)(C)C(=O)NCCNC(=O)c1cc(O)cc(O)c1. The molecule has 1 aromatic rings. The first kappa shape index (κ1) is 15.8. The lowest BCUT2D eigenvalue weighted by Crippen LogP contribution is -2.39. The van der Waals surface area contributed by atoms with Gasteiger partial charge in [-0.3, -0.25) is 9.59 Å². The van der Waals surface area contributed by atoms with E-state index in [2.05, 4.69) is 10.6 Å². The van der Waals surface area contributed by atoms with Crippen LogP contribution in [0, 0.1) is 5.41 Å². The van der Waals surface area contributed by atoms with Crippen LogP contribution in [0.25, 0.3) is 0 Å². The first-order valence-electron chi connectivity index (χ1n) is 6.29. The van der Waals surface area contributed by atoms with Gasteiger partial charge >= 0.3 is 0 Å². The molecular formula is C14H20N2O4. The Balaban J connectivity index is 2.43. The maximum atomic E-state index is 11.7. The van der Waals surface area contributed by atoms with E-state index >= 15 is 0 Å². The lowest BCUT2D eigenvalue weighted by molar-refractivity contribution is -0.128. The van der Waals surface area contributed by atoms with E-state index in [-0.39, 0.29) is 29.5 Å². The number of carbonyl (C=O) groups excluding carboxylic acids is 2. The molecule has 2 amide bonds. The third-order valence-corrected chi connectivity index (χ3v) is 2.54. The van der Waals surface area contributed by atoms with Crippen LogP contribution in [-0.2, 0) is 4.79 Å². The molecule has 110 valence electrons. The molecule has 0 spiro atoms. The molecule has 1 rings (SSSR count). The smallest absolute Gasteiger partial charge is 0.251 e.